The number of hydrogen-bond acceptors (Lipinski definition) is 3. The smallest absolute Gasteiger partial charge is 0.269 e. The van der Waals surface area contributed by atoms with Gasteiger partial charge in [-0.05, 0) is 17.5 Å². The Labute approximate surface area is 113 Å². The fraction of sp³-hybridized carbons (Fsp3) is 0.538. The van der Waals surface area contributed by atoms with Gasteiger partial charge in [0.25, 0.3) is 5.69 Å². The molecule has 0 bridgehead atoms. The molecule has 4 nitrogen and oxygen atoms in total. The third-order valence-corrected chi connectivity index (χ3v) is 3.40. The van der Waals surface area contributed by atoms with Crippen LogP contribution in [-0.4, -0.2) is 18.5 Å². The molecule has 0 aliphatic rings. The lowest BCUT2D eigenvalue weighted by Crippen LogP contribution is -2.24. The minimum Gasteiger partial charge on any atom is -0.374 e. The SMILES string of the molecule is CCC(C)CN(C)c1ccc([N+](=O)[O-])cc1CCl. The molecule has 1 atom stereocenters. The summed E-state index contributed by atoms with van der Waals surface area (Å²) in [6, 6.07) is 4.85. The van der Waals surface area contributed by atoms with Crippen LogP contribution in [0.2, 0.25) is 0 Å². The maximum absolute atomic E-state index is 10.7. The summed E-state index contributed by atoms with van der Waals surface area (Å²) < 4.78 is 0. The standard InChI is InChI=1S/C13H19ClN2O2/c1-4-10(2)9-15(3)13-6-5-12(16(17)18)7-11(13)8-14/h5-7,10H,4,8-9H2,1-3H3. The van der Waals surface area contributed by atoms with E-state index >= 15 is 0 Å². The number of benzene rings is 1. The minimum absolute atomic E-state index is 0.0892. The zero-order valence-corrected chi connectivity index (χ0v) is 11.8. The van der Waals surface area contributed by atoms with Crippen molar-refractivity contribution in [3.63, 3.8) is 0 Å². The average molecular weight is 271 g/mol. The largest absolute Gasteiger partial charge is 0.374 e. The Hall–Kier alpha value is -1.29. The number of nitro benzene ring substituents is 1. The molecule has 0 saturated heterocycles. The summed E-state index contributed by atoms with van der Waals surface area (Å²) in [6.45, 7) is 5.25. The van der Waals surface area contributed by atoms with Gasteiger partial charge < -0.3 is 4.90 Å². The summed E-state index contributed by atoms with van der Waals surface area (Å²) >= 11 is 5.87. The summed E-state index contributed by atoms with van der Waals surface area (Å²) in [7, 11) is 1.99. The minimum atomic E-state index is -0.394. The number of halogens is 1. The molecule has 0 amide bonds. The number of hydrogen-bond donors (Lipinski definition) is 0. The highest BCUT2D eigenvalue weighted by Crippen LogP contribution is 2.27. The van der Waals surface area contributed by atoms with Crippen molar-refractivity contribution in [2.24, 2.45) is 5.92 Å². The molecule has 0 N–H and O–H groups in total. The fourth-order valence-corrected chi connectivity index (χ4v) is 2.07. The van der Waals surface area contributed by atoms with Gasteiger partial charge in [0.2, 0.25) is 0 Å². The molecule has 0 saturated carbocycles. The highest BCUT2D eigenvalue weighted by Gasteiger charge is 2.14. The monoisotopic (exact) mass is 270 g/mol. The predicted molar refractivity (Wildman–Crippen MR) is 75.4 cm³/mol. The zero-order valence-electron chi connectivity index (χ0n) is 11.0. The molecule has 1 rings (SSSR count). The van der Waals surface area contributed by atoms with Crippen LogP contribution in [0.4, 0.5) is 11.4 Å². The molecule has 18 heavy (non-hydrogen) atoms. The highest BCUT2D eigenvalue weighted by atomic mass is 35.5. The topological polar surface area (TPSA) is 46.4 Å². The Bertz CT molecular complexity index is 423. The normalized spacial score (nSPS) is 12.2. The van der Waals surface area contributed by atoms with Gasteiger partial charge in [0.05, 0.1) is 4.92 Å². The quantitative estimate of drug-likeness (QED) is 0.448. The van der Waals surface area contributed by atoms with Gasteiger partial charge in [0.15, 0.2) is 0 Å². The Morgan fingerprint density at radius 3 is 2.67 bits per heavy atom. The molecular formula is C13H19ClN2O2. The Kier molecular flexibility index (Phi) is 5.41. The van der Waals surface area contributed by atoms with Crippen molar-refractivity contribution in [1.82, 2.24) is 0 Å². The molecule has 0 aliphatic heterocycles. The van der Waals surface area contributed by atoms with Crippen LogP contribution < -0.4 is 4.90 Å². The van der Waals surface area contributed by atoms with E-state index < -0.39 is 4.92 Å². The van der Waals surface area contributed by atoms with Gasteiger partial charge in [-0.2, -0.15) is 0 Å². The van der Waals surface area contributed by atoms with Crippen molar-refractivity contribution in [3.8, 4) is 0 Å². The summed E-state index contributed by atoms with van der Waals surface area (Å²) in [5.41, 5.74) is 1.86. The molecule has 1 unspecified atom stereocenters. The van der Waals surface area contributed by atoms with Crippen LogP contribution in [0.5, 0.6) is 0 Å². The van der Waals surface area contributed by atoms with E-state index in [2.05, 4.69) is 18.7 Å². The van der Waals surface area contributed by atoms with Crippen LogP contribution in [0.1, 0.15) is 25.8 Å². The lowest BCUT2D eigenvalue weighted by atomic mass is 10.1. The van der Waals surface area contributed by atoms with Crippen LogP contribution >= 0.6 is 11.6 Å². The third-order valence-electron chi connectivity index (χ3n) is 3.11. The maximum atomic E-state index is 10.7. The van der Waals surface area contributed by atoms with Gasteiger partial charge in [0.1, 0.15) is 0 Å². The van der Waals surface area contributed by atoms with Gasteiger partial charge >= 0.3 is 0 Å². The summed E-state index contributed by atoms with van der Waals surface area (Å²) in [5, 5.41) is 10.7. The number of nitrogens with zero attached hydrogens (tertiary/aromatic N) is 2. The number of anilines is 1. The van der Waals surface area contributed by atoms with Gasteiger partial charge in [-0.15, -0.1) is 11.6 Å². The van der Waals surface area contributed by atoms with Crippen molar-refractivity contribution in [1.29, 1.82) is 0 Å². The fourth-order valence-electron chi connectivity index (χ4n) is 1.86. The van der Waals surface area contributed by atoms with Crippen molar-refractivity contribution in [2.45, 2.75) is 26.1 Å². The van der Waals surface area contributed by atoms with Crippen molar-refractivity contribution < 1.29 is 4.92 Å². The van der Waals surface area contributed by atoms with Gasteiger partial charge in [-0.1, -0.05) is 20.3 Å². The number of non-ortho nitro benzene ring substituents is 1. The summed E-state index contributed by atoms with van der Waals surface area (Å²) in [6.07, 6.45) is 1.10. The first-order valence-electron chi connectivity index (χ1n) is 6.04. The van der Waals surface area contributed by atoms with Crippen molar-refractivity contribution in [3.05, 3.63) is 33.9 Å². The molecule has 0 fully saturated rings. The molecule has 100 valence electrons. The Morgan fingerprint density at radius 2 is 2.17 bits per heavy atom. The van der Waals surface area contributed by atoms with E-state index in [1.165, 1.54) is 6.07 Å². The number of rotatable bonds is 6. The zero-order chi connectivity index (χ0) is 13.7. The van der Waals surface area contributed by atoms with Crippen LogP contribution in [-0.2, 0) is 5.88 Å². The first-order valence-corrected chi connectivity index (χ1v) is 6.57. The van der Waals surface area contributed by atoms with E-state index in [-0.39, 0.29) is 11.6 Å². The van der Waals surface area contributed by atoms with Gasteiger partial charge in [-0.25, -0.2) is 0 Å². The second kappa shape index (κ2) is 6.59. The van der Waals surface area contributed by atoms with E-state index in [1.807, 2.05) is 7.05 Å². The molecule has 0 heterocycles. The van der Waals surface area contributed by atoms with E-state index in [1.54, 1.807) is 12.1 Å². The molecule has 1 aromatic rings. The number of alkyl halides is 1. The second-order valence-corrected chi connectivity index (χ2v) is 4.86. The molecule has 0 aliphatic carbocycles. The molecular weight excluding hydrogens is 252 g/mol. The molecule has 1 aromatic carbocycles. The van der Waals surface area contributed by atoms with E-state index in [4.69, 9.17) is 11.6 Å². The van der Waals surface area contributed by atoms with Gasteiger partial charge in [-0.3, -0.25) is 10.1 Å². The molecule has 0 radical (unpaired) electrons. The predicted octanol–water partition coefficient (Wildman–Crippen LogP) is 3.82. The molecule has 0 aromatic heterocycles. The van der Waals surface area contributed by atoms with E-state index in [0.29, 0.717) is 5.92 Å². The van der Waals surface area contributed by atoms with E-state index in [0.717, 1.165) is 24.2 Å². The average Bonchev–Trinajstić information content (AvgIpc) is 2.37. The lowest BCUT2D eigenvalue weighted by molar-refractivity contribution is -0.384. The molecule has 5 heteroatoms. The van der Waals surface area contributed by atoms with Crippen LogP contribution in [0.15, 0.2) is 18.2 Å². The van der Waals surface area contributed by atoms with E-state index in [9.17, 15) is 10.1 Å². The first-order chi connectivity index (χ1) is 8.49. The third kappa shape index (κ3) is 3.60. The van der Waals surface area contributed by atoms with Crippen LogP contribution in [0, 0.1) is 16.0 Å². The first kappa shape index (κ1) is 14.8. The summed E-state index contributed by atoms with van der Waals surface area (Å²) in [4.78, 5) is 12.4. The van der Waals surface area contributed by atoms with Crippen molar-refractivity contribution in [2.75, 3.05) is 18.5 Å². The van der Waals surface area contributed by atoms with Crippen LogP contribution in [0.25, 0.3) is 0 Å². The Morgan fingerprint density at radius 1 is 1.50 bits per heavy atom. The Balaban J connectivity index is 2.98. The lowest BCUT2D eigenvalue weighted by Gasteiger charge is -2.24. The summed E-state index contributed by atoms with van der Waals surface area (Å²) in [5.74, 6) is 0.857. The van der Waals surface area contributed by atoms with Gasteiger partial charge in [0, 0.05) is 37.3 Å². The van der Waals surface area contributed by atoms with Crippen molar-refractivity contribution >= 4 is 23.0 Å². The maximum Gasteiger partial charge on any atom is 0.269 e. The molecule has 0 spiro atoms. The highest BCUT2D eigenvalue weighted by molar-refractivity contribution is 6.17. The van der Waals surface area contributed by atoms with Crippen LogP contribution in [0.3, 0.4) is 0 Å². The number of nitro groups is 1. The second-order valence-electron chi connectivity index (χ2n) is 4.60.